The minimum absolute atomic E-state index is 0.556. The van der Waals surface area contributed by atoms with Gasteiger partial charge in [-0.2, -0.15) is 22.0 Å². The van der Waals surface area contributed by atoms with Crippen molar-refractivity contribution in [1.29, 1.82) is 0 Å². The molecule has 0 amide bonds. The minimum atomic E-state index is -4.52. The zero-order valence-electron chi connectivity index (χ0n) is 5.13. The lowest BCUT2D eigenvalue weighted by molar-refractivity contribution is -0.157. The Bertz CT molecular complexity index is 139. The van der Waals surface area contributed by atoms with Crippen LogP contribution >= 0.6 is 11.6 Å². The van der Waals surface area contributed by atoms with E-state index >= 15 is 0 Å². The van der Waals surface area contributed by atoms with E-state index in [9.17, 15) is 22.0 Å². The van der Waals surface area contributed by atoms with Gasteiger partial charge in [-0.25, -0.2) is 0 Å². The molecule has 11 heavy (non-hydrogen) atoms. The summed E-state index contributed by atoms with van der Waals surface area (Å²) in [4.78, 5) is 0. The zero-order chi connectivity index (χ0) is 8.86. The van der Waals surface area contributed by atoms with E-state index < -0.39 is 29.8 Å². The molecular weight excluding hydrogens is 190 g/mol. The molecular formula is C5H4ClF5. The highest BCUT2D eigenvalue weighted by Gasteiger charge is 2.64. The van der Waals surface area contributed by atoms with Crippen molar-refractivity contribution in [2.75, 3.05) is 0 Å². The third-order valence-electron chi connectivity index (χ3n) is 1.63. The Hall–Kier alpha value is -0.0600. The molecule has 0 spiro atoms. The van der Waals surface area contributed by atoms with Gasteiger partial charge >= 0.3 is 11.6 Å². The van der Waals surface area contributed by atoms with Crippen LogP contribution in [0, 0.1) is 11.8 Å². The quantitative estimate of drug-likeness (QED) is 0.445. The van der Waals surface area contributed by atoms with Crippen LogP contribution in [-0.2, 0) is 0 Å². The van der Waals surface area contributed by atoms with Gasteiger partial charge in [0.1, 0.15) is 0 Å². The Morgan fingerprint density at radius 3 is 1.55 bits per heavy atom. The predicted molar refractivity (Wildman–Crippen MR) is 28.5 cm³/mol. The van der Waals surface area contributed by atoms with Crippen LogP contribution in [0.1, 0.15) is 6.42 Å². The summed E-state index contributed by atoms with van der Waals surface area (Å²) in [6.45, 7) is 0. The average Bonchev–Trinajstić information content (AvgIpc) is 2.30. The van der Waals surface area contributed by atoms with E-state index in [-0.39, 0.29) is 0 Å². The molecule has 0 bridgehead atoms. The molecule has 0 N–H and O–H groups in total. The van der Waals surface area contributed by atoms with E-state index in [2.05, 4.69) is 11.6 Å². The Labute approximate surface area is 64.3 Å². The first-order valence-corrected chi connectivity index (χ1v) is 3.24. The molecule has 1 fully saturated rings. The number of alkyl halides is 6. The lowest BCUT2D eigenvalue weighted by Crippen LogP contribution is -2.18. The van der Waals surface area contributed by atoms with Gasteiger partial charge in [-0.1, -0.05) is 0 Å². The van der Waals surface area contributed by atoms with E-state index in [0.717, 1.165) is 0 Å². The maximum Gasteiger partial charge on any atom is 0.392 e. The van der Waals surface area contributed by atoms with Gasteiger partial charge in [-0.3, -0.25) is 0 Å². The van der Waals surface area contributed by atoms with Crippen LogP contribution in [0.5, 0.6) is 0 Å². The van der Waals surface area contributed by atoms with Crippen LogP contribution in [0.15, 0.2) is 0 Å². The van der Waals surface area contributed by atoms with Crippen molar-refractivity contribution in [2.45, 2.75) is 18.0 Å². The molecule has 0 aromatic carbocycles. The first-order chi connectivity index (χ1) is 4.73. The van der Waals surface area contributed by atoms with Gasteiger partial charge in [0.15, 0.2) is 0 Å². The third kappa shape index (κ3) is 1.95. The third-order valence-corrected chi connectivity index (χ3v) is 1.91. The molecule has 0 aromatic heterocycles. The molecule has 2 unspecified atom stereocenters. The van der Waals surface area contributed by atoms with E-state index in [4.69, 9.17) is 0 Å². The van der Waals surface area contributed by atoms with Gasteiger partial charge in [0.05, 0.1) is 5.92 Å². The second-order valence-electron chi connectivity index (χ2n) is 2.53. The maximum absolute atomic E-state index is 12.0. The molecule has 0 aliphatic heterocycles. The molecule has 6 heteroatoms. The molecule has 0 aromatic rings. The predicted octanol–water partition coefficient (Wildman–Crippen LogP) is 3.02. The lowest BCUT2D eigenvalue weighted by atomic mass is 10.3. The van der Waals surface area contributed by atoms with E-state index in [0.29, 0.717) is 0 Å². The second-order valence-corrected chi connectivity index (χ2v) is 3.04. The van der Waals surface area contributed by atoms with Gasteiger partial charge in [0.25, 0.3) is 0 Å². The Kier molecular flexibility index (Phi) is 1.82. The Morgan fingerprint density at radius 1 is 1.00 bits per heavy atom. The van der Waals surface area contributed by atoms with Gasteiger partial charge in [-0.15, -0.1) is 0 Å². The van der Waals surface area contributed by atoms with E-state index in [1.807, 2.05) is 0 Å². The fraction of sp³-hybridized carbons (Fsp3) is 1.00. The smallest absolute Gasteiger partial charge is 0.188 e. The minimum Gasteiger partial charge on any atom is -0.188 e. The van der Waals surface area contributed by atoms with Crippen LogP contribution in [0.25, 0.3) is 0 Å². The Balaban J connectivity index is 2.51. The van der Waals surface area contributed by atoms with Crippen molar-refractivity contribution >= 4 is 11.6 Å². The standard InChI is InChI=1S/C5H4ClF5/c6-4(7,8)2-1-3(2)5(9,10)11/h2-3H,1H2. The highest BCUT2D eigenvalue weighted by molar-refractivity contribution is 6.22. The van der Waals surface area contributed by atoms with Gasteiger partial charge in [-0.05, 0) is 18.0 Å². The molecule has 1 aliphatic rings. The first-order valence-electron chi connectivity index (χ1n) is 2.86. The molecule has 1 saturated carbocycles. The van der Waals surface area contributed by atoms with Crippen molar-refractivity contribution in [3.63, 3.8) is 0 Å². The normalized spacial score (nSPS) is 32.2. The topological polar surface area (TPSA) is 0 Å². The molecule has 0 radical (unpaired) electrons. The van der Waals surface area contributed by atoms with E-state index in [1.165, 1.54) is 0 Å². The van der Waals surface area contributed by atoms with Crippen LogP contribution < -0.4 is 0 Å². The van der Waals surface area contributed by atoms with Gasteiger partial charge in [0, 0.05) is 5.92 Å². The van der Waals surface area contributed by atoms with Crippen molar-refractivity contribution in [1.82, 2.24) is 0 Å². The average molecular weight is 195 g/mol. The van der Waals surface area contributed by atoms with Crippen LogP contribution in [-0.4, -0.2) is 11.6 Å². The van der Waals surface area contributed by atoms with Crippen LogP contribution in [0.2, 0.25) is 0 Å². The second kappa shape index (κ2) is 2.21. The van der Waals surface area contributed by atoms with Gasteiger partial charge in [0.2, 0.25) is 0 Å². The van der Waals surface area contributed by atoms with Crippen LogP contribution in [0.3, 0.4) is 0 Å². The summed E-state index contributed by atoms with van der Waals surface area (Å²) in [6, 6.07) is 0. The number of hydrogen-bond donors (Lipinski definition) is 0. The largest absolute Gasteiger partial charge is 0.392 e. The number of halogens is 6. The summed E-state index contributed by atoms with van der Waals surface area (Å²) in [7, 11) is 0. The SMILES string of the molecule is FC(F)(F)C1CC1C(F)(F)Cl. The molecule has 0 heterocycles. The molecule has 1 rings (SSSR count). The number of rotatable bonds is 1. The first kappa shape index (κ1) is 9.03. The number of hydrogen-bond acceptors (Lipinski definition) is 0. The highest BCUT2D eigenvalue weighted by atomic mass is 35.5. The Morgan fingerprint density at radius 2 is 1.45 bits per heavy atom. The van der Waals surface area contributed by atoms with Crippen molar-refractivity contribution < 1.29 is 22.0 Å². The molecule has 1 aliphatic carbocycles. The molecule has 0 nitrogen and oxygen atoms in total. The van der Waals surface area contributed by atoms with E-state index in [1.54, 1.807) is 0 Å². The van der Waals surface area contributed by atoms with Crippen molar-refractivity contribution in [3.8, 4) is 0 Å². The summed E-state index contributed by atoms with van der Waals surface area (Å²) in [5, 5.41) is -3.71. The van der Waals surface area contributed by atoms with Crippen molar-refractivity contribution in [3.05, 3.63) is 0 Å². The maximum atomic E-state index is 12.0. The zero-order valence-corrected chi connectivity index (χ0v) is 5.89. The molecule has 0 saturated heterocycles. The summed E-state index contributed by atoms with van der Waals surface area (Å²) in [6.07, 6.45) is -5.08. The van der Waals surface area contributed by atoms with Crippen LogP contribution in [0.4, 0.5) is 22.0 Å². The fourth-order valence-electron chi connectivity index (χ4n) is 0.919. The monoisotopic (exact) mass is 194 g/mol. The summed E-state index contributed by atoms with van der Waals surface area (Å²) in [5.41, 5.74) is 0. The van der Waals surface area contributed by atoms with Crippen molar-refractivity contribution in [2.24, 2.45) is 11.8 Å². The van der Waals surface area contributed by atoms with Gasteiger partial charge < -0.3 is 0 Å². The highest BCUT2D eigenvalue weighted by Crippen LogP contribution is 2.57. The summed E-state index contributed by atoms with van der Waals surface area (Å²) < 4.78 is 58.8. The molecule has 66 valence electrons. The fourth-order valence-corrected chi connectivity index (χ4v) is 1.16. The summed E-state index contributed by atoms with van der Waals surface area (Å²) in [5.74, 6) is -3.63. The molecule has 2 atom stereocenters. The lowest BCUT2D eigenvalue weighted by Gasteiger charge is -2.08. The summed E-state index contributed by atoms with van der Waals surface area (Å²) >= 11 is 4.40.